The highest BCUT2D eigenvalue weighted by molar-refractivity contribution is 7.12. The normalized spacial score (nSPS) is 14.5. The minimum Gasteiger partial charge on any atom is -0.454 e. The van der Waals surface area contributed by atoms with E-state index >= 15 is 0 Å². The van der Waals surface area contributed by atoms with Crippen LogP contribution in [0.3, 0.4) is 0 Å². The van der Waals surface area contributed by atoms with Crippen molar-refractivity contribution >= 4 is 40.5 Å². The van der Waals surface area contributed by atoms with Gasteiger partial charge in [-0.25, -0.2) is 4.79 Å². The number of hydrogen-bond acceptors (Lipinski definition) is 6. The number of amides is 2. The summed E-state index contributed by atoms with van der Waals surface area (Å²) in [5.41, 5.74) is 1.16. The van der Waals surface area contributed by atoms with E-state index in [1.165, 1.54) is 23.1 Å². The fraction of sp³-hybridized carbons (Fsp3) is 0.353. The van der Waals surface area contributed by atoms with Gasteiger partial charge in [0.2, 0.25) is 0 Å². The summed E-state index contributed by atoms with van der Waals surface area (Å²) in [6, 6.07) is 4.65. The Morgan fingerprint density at radius 2 is 2.12 bits per heavy atom. The van der Waals surface area contributed by atoms with Crippen molar-refractivity contribution in [2.24, 2.45) is 0 Å². The molecule has 1 N–H and O–H groups in total. The van der Waals surface area contributed by atoms with E-state index in [9.17, 15) is 14.4 Å². The molecular formula is C17H18N2O4S2. The highest BCUT2D eigenvalue weighted by Crippen LogP contribution is 2.23. The zero-order valence-corrected chi connectivity index (χ0v) is 15.3. The number of nitrogens with zero attached hydrogens (tertiary/aromatic N) is 1. The summed E-state index contributed by atoms with van der Waals surface area (Å²) in [6.07, 6.45) is 0.833. The largest absolute Gasteiger partial charge is 0.454 e. The molecule has 8 heteroatoms. The average molecular weight is 378 g/mol. The molecule has 0 fully saturated rings. The van der Waals surface area contributed by atoms with E-state index in [1.54, 1.807) is 33.7 Å². The smallest absolute Gasteiger partial charge is 0.328 e. The van der Waals surface area contributed by atoms with Crippen LogP contribution >= 0.6 is 22.7 Å². The molecule has 25 heavy (non-hydrogen) atoms. The molecule has 6 nitrogen and oxygen atoms in total. The van der Waals surface area contributed by atoms with Crippen molar-refractivity contribution in [2.75, 3.05) is 13.2 Å². The predicted molar refractivity (Wildman–Crippen MR) is 95.6 cm³/mol. The Morgan fingerprint density at radius 3 is 2.88 bits per heavy atom. The molecule has 0 aliphatic carbocycles. The first kappa shape index (κ1) is 17.6. The van der Waals surface area contributed by atoms with Gasteiger partial charge < -0.3 is 15.0 Å². The zero-order chi connectivity index (χ0) is 17.8. The number of carbonyl (C=O) groups is 3. The van der Waals surface area contributed by atoms with Crippen LogP contribution in [0.2, 0.25) is 0 Å². The van der Waals surface area contributed by atoms with Gasteiger partial charge in [-0.2, -0.15) is 0 Å². The van der Waals surface area contributed by atoms with Crippen molar-refractivity contribution in [2.45, 2.75) is 25.9 Å². The van der Waals surface area contributed by atoms with E-state index in [0.717, 1.165) is 12.0 Å². The molecule has 1 aliphatic heterocycles. The van der Waals surface area contributed by atoms with Crippen LogP contribution < -0.4 is 5.32 Å². The molecule has 2 aromatic rings. The van der Waals surface area contributed by atoms with Gasteiger partial charge in [0.15, 0.2) is 6.61 Å². The van der Waals surface area contributed by atoms with E-state index in [0.29, 0.717) is 18.0 Å². The Hall–Kier alpha value is -2.19. The third kappa shape index (κ3) is 4.26. The number of rotatable bonds is 5. The van der Waals surface area contributed by atoms with Crippen LogP contribution in [0.4, 0.5) is 0 Å². The third-order valence-corrected chi connectivity index (χ3v) is 5.84. The van der Waals surface area contributed by atoms with Crippen LogP contribution in [-0.4, -0.2) is 41.9 Å². The minimum absolute atomic E-state index is 0.220. The standard InChI is InChI=1S/C17H18N2O4S2/c1-11(18-16(21)14-3-2-7-24-14)17(22)23-10-15(20)19-6-4-13-12(9-19)5-8-25-13/h2-3,5,7-8,11H,4,6,9-10H2,1H3,(H,18,21). The highest BCUT2D eigenvalue weighted by atomic mass is 32.1. The Balaban J connectivity index is 1.45. The second kappa shape index (κ2) is 7.79. The first-order valence-corrected chi connectivity index (χ1v) is 9.64. The van der Waals surface area contributed by atoms with Crippen molar-refractivity contribution in [1.29, 1.82) is 0 Å². The second-order valence-electron chi connectivity index (χ2n) is 5.71. The van der Waals surface area contributed by atoms with Gasteiger partial charge in [0.25, 0.3) is 11.8 Å². The maximum absolute atomic E-state index is 12.2. The first-order valence-electron chi connectivity index (χ1n) is 7.88. The zero-order valence-electron chi connectivity index (χ0n) is 13.7. The summed E-state index contributed by atoms with van der Waals surface area (Å²) in [5.74, 6) is -1.17. The van der Waals surface area contributed by atoms with Gasteiger partial charge in [-0.15, -0.1) is 22.7 Å². The van der Waals surface area contributed by atoms with Gasteiger partial charge >= 0.3 is 5.97 Å². The van der Waals surface area contributed by atoms with E-state index in [1.807, 2.05) is 11.4 Å². The number of thiophene rings is 2. The van der Waals surface area contributed by atoms with Crippen LogP contribution in [-0.2, 0) is 27.3 Å². The number of fused-ring (bicyclic) bond motifs is 1. The molecule has 0 saturated heterocycles. The van der Waals surface area contributed by atoms with Gasteiger partial charge in [0.05, 0.1) is 4.88 Å². The number of nitrogens with one attached hydrogen (secondary N) is 1. The van der Waals surface area contributed by atoms with Gasteiger partial charge in [-0.1, -0.05) is 6.07 Å². The highest BCUT2D eigenvalue weighted by Gasteiger charge is 2.24. The first-order chi connectivity index (χ1) is 12.0. The molecule has 2 aromatic heterocycles. The van der Waals surface area contributed by atoms with Crippen LogP contribution in [0.1, 0.15) is 27.0 Å². The quantitative estimate of drug-likeness (QED) is 0.808. The van der Waals surface area contributed by atoms with Crippen LogP contribution in [0.25, 0.3) is 0 Å². The van der Waals surface area contributed by atoms with Crippen molar-refractivity contribution in [3.05, 3.63) is 44.3 Å². The van der Waals surface area contributed by atoms with E-state index in [2.05, 4.69) is 5.32 Å². The summed E-state index contributed by atoms with van der Waals surface area (Å²) in [6.45, 7) is 2.42. The van der Waals surface area contributed by atoms with Gasteiger partial charge in [-0.3, -0.25) is 9.59 Å². The van der Waals surface area contributed by atoms with Gasteiger partial charge in [0.1, 0.15) is 6.04 Å². The SMILES string of the molecule is CC(NC(=O)c1cccs1)C(=O)OCC(=O)N1CCc2sccc2C1. The Morgan fingerprint density at radius 1 is 1.28 bits per heavy atom. The molecule has 2 amide bonds. The molecule has 1 aliphatic rings. The Labute approximate surface area is 153 Å². The number of ether oxygens (including phenoxy) is 1. The second-order valence-corrected chi connectivity index (χ2v) is 7.66. The molecule has 0 saturated carbocycles. The molecule has 1 atom stereocenters. The number of esters is 1. The Bertz CT molecular complexity index is 769. The van der Waals surface area contributed by atoms with Crippen LogP contribution in [0.5, 0.6) is 0 Å². The third-order valence-electron chi connectivity index (χ3n) is 3.94. The molecule has 3 heterocycles. The van der Waals surface area contributed by atoms with Crippen LogP contribution in [0.15, 0.2) is 29.0 Å². The van der Waals surface area contributed by atoms with Crippen molar-refractivity contribution in [3.8, 4) is 0 Å². The lowest BCUT2D eigenvalue weighted by atomic mass is 10.1. The maximum Gasteiger partial charge on any atom is 0.328 e. The number of hydrogen-bond donors (Lipinski definition) is 1. The molecular weight excluding hydrogens is 360 g/mol. The monoisotopic (exact) mass is 378 g/mol. The van der Waals surface area contributed by atoms with Crippen LogP contribution in [0, 0.1) is 0 Å². The molecule has 0 radical (unpaired) electrons. The van der Waals surface area contributed by atoms with Gasteiger partial charge in [0, 0.05) is 18.0 Å². The van der Waals surface area contributed by atoms with Crippen molar-refractivity contribution < 1.29 is 19.1 Å². The van der Waals surface area contributed by atoms with E-state index in [-0.39, 0.29) is 18.4 Å². The molecule has 0 spiro atoms. The minimum atomic E-state index is -0.813. The van der Waals surface area contributed by atoms with Crippen molar-refractivity contribution in [1.82, 2.24) is 10.2 Å². The van der Waals surface area contributed by atoms with Crippen molar-refractivity contribution in [3.63, 3.8) is 0 Å². The molecule has 1 unspecified atom stereocenters. The molecule has 132 valence electrons. The van der Waals surface area contributed by atoms with Gasteiger partial charge in [-0.05, 0) is 41.8 Å². The molecule has 0 aromatic carbocycles. The predicted octanol–water partition coefficient (Wildman–Crippen LogP) is 2.06. The Kier molecular flexibility index (Phi) is 5.50. The topological polar surface area (TPSA) is 75.7 Å². The lowest BCUT2D eigenvalue weighted by molar-refractivity contribution is -0.153. The van der Waals surface area contributed by atoms with E-state index in [4.69, 9.17) is 4.74 Å². The fourth-order valence-corrected chi connectivity index (χ4v) is 4.06. The summed E-state index contributed by atoms with van der Waals surface area (Å²) in [5, 5.41) is 6.38. The lowest BCUT2D eigenvalue weighted by Crippen LogP contribution is -2.42. The lowest BCUT2D eigenvalue weighted by Gasteiger charge is -2.27. The molecule has 0 bridgehead atoms. The number of carbonyl (C=O) groups excluding carboxylic acids is 3. The summed E-state index contributed by atoms with van der Waals surface area (Å²) >= 11 is 3.00. The fourth-order valence-electron chi connectivity index (χ4n) is 2.54. The maximum atomic E-state index is 12.2. The summed E-state index contributed by atoms with van der Waals surface area (Å²) in [7, 11) is 0. The van der Waals surface area contributed by atoms with E-state index < -0.39 is 12.0 Å². The average Bonchev–Trinajstić information content (AvgIpc) is 3.29. The summed E-state index contributed by atoms with van der Waals surface area (Å²) < 4.78 is 5.07. The summed E-state index contributed by atoms with van der Waals surface area (Å²) in [4.78, 5) is 39.7. The molecule has 3 rings (SSSR count).